The lowest BCUT2D eigenvalue weighted by molar-refractivity contribution is -0.134. The molecule has 6 heteroatoms. The van der Waals surface area contributed by atoms with Crippen molar-refractivity contribution < 1.29 is 14.3 Å². The van der Waals surface area contributed by atoms with Crippen molar-refractivity contribution in [1.82, 2.24) is 14.8 Å². The highest BCUT2D eigenvalue weighted by Crippen LogP contribution is 2.20. The van der Waals surface area contributed by atoms with Gasteiger partial charge in [-0.1, -0.05) is 0 Å². The van der Waals surface area contributed by atoms with Crippen LogP contribution >= 0.6 is 0 Å². The molecule has 0 spiro atoms. The smallest absolute Gasteiger partial charge is 0.410 e. The van der Waals surface area contributed by atoms with Crippen LogP contribution in [-0.4, -0.2) is 60.1 Å². The molecule has 6 nitrogen and oxygen atoms in total. The van der Waals surface area contributed by atoms with Gasteiger partial charge in [-0.3, -0.25) is 14.7 Å². The fourth-order valence-electron chi connectivity index (χ4n) is 2.57. The molecular weight excluding hydrogens is 270 g/mol. The van der Waals surface area contributed by atoms with E-state index in [4.69, 9.17) is 4.74 Å². The maximum absolute atomic E-state index is 12.5. The van der Waals surface area contributed by atoms with E-state index in [1.165, 1.54) is 12.0 Å². The van der Waals surface area contributed by atoms with Gasteiger partial charge in [-0.15, -0.1) is 0 Å². The van der Waals surface area contributed by atoms with Crippen LogP contribution in [0.1, 0.15) is 18.4 Å². The number of likely N-dealkylation sites (N-methyl/N-ethyl adjacent to an activating group) is 1. The Bertz CT molecular complexity index is 492. The average molecular weight is 291 g/mol. The molecule has 114 valence electrons. The van der Waals surface area contributed by atoms with Crippen molar-refractivity contribution in [2.45, 2.75) is 25.3 Å². The van der Waals surface area contributed by atoms with E-state index in [2.05, 4.69) is 4.98 Å². The largest absolute Gasteiger partial charge is 0.453 e. The summed E-state index contributed by atoms with van der Waals surface area (Å²) < 4.78 is 4.73. The zero-order valence-corrected chi connectivity index (χ0v) is 12.5. The number of rotatable bonds is 4. The molecule has 1 aliphatic rings. The summed E-state index contributed by atoms with van der Waals surface area (Å²) >= 11 is 0. The molecule has 0 radical (unpaired) electrons. The molecule has 2 rings (SSSR count). The van der Waals surface area contributed by atoms with Crippen LogP contribution in [0.4, 0.5) is 4.79 Å². The lowest BCUT2D eigenvalue weighted by Gasteiger charge is -2.27. The van der Waals surface area contributed by atoms with Crippen LogP contribution in [0.3, 0.4) is 0 Å². The Hall–Kier alpha value is -2.11. The van der Waals surface area contributed by atoms with Gasteiger partial charge in [0.05, 0.1) is 7.11 Å². The first-order valence-electron chi connectivity index (χ1n) is 7.12. The van der Waals surface area contributed by atoms with E-state index in [1.807, 2.05) is 12.1 Å². The quantitative estimate of drug-likeness (QED) is 0.839. The van der Waals surface area contributed by atoms with Gasteiger partial charge in [-0.25, -0.2) is 4.79 Å². The van der Waals surface area contributed by atoms with Gasteiger partial charge in [0.1, 0.15) is 6.04 Å². The zero-order valence-electron chi connectivity index (χ0n) is 12.5. The van der Waals surface area contributed by atoms with E-state index in [0.29, 0.717) is 19.5 Å². The fourth-order valence-corrected chi connectivity index (χ4v) is 2.57. The number of likely N-dealkylation sites (tertiary alicyclic amines) is 1. The minimum Gasteiger partial charge on any atom is -0.453 e. The van der Waals surface area contributed by atoms with E-state index < -0.39 is 6.09 Å². The molecule has 0 bridgehead atoms. The molecule has 0 aliphatic carbocycles. The molecule has 2 heterocycles. The molecule has 1 saturated heterocycles. The third kappa shape index (κ3) is 3.71. The van der Waals surface area contributed by atoms with E-state index in [1.54, 1.807) is 24.3 Å². The predicted octanol–water partition coefficient (Wildman–Crippen LogP) is 1.31. The number of methoxy groups -OCH3 is 1. The van der Waals surface area contributed by atoms with Gasteiger partial charge in [0.25, 0.3) is 0 Å². The molecule has 2 amide bonds. The van der Waals surface area contributed by atoms with Gasteiger partial charge in [0.15, 0.2) is 0 Å². The number of hydrogen-bond acceptors (Lipinski definition) is 4. The highest BCUT2D eigenvalue weighted by molar-refractivity contribution is 5.86. The Labute approximate surface area is 124 Å². The van der Waals surface area contributed by atoms with E-state index in [0.717, 1.165) is 18.4 Å². The fraction of sp³-hybridized carbons (Fsp3) is 0.533. The molecule has 0 aromatic carbocycles. The van der Waals surface area contributed by atoms with Crippen molar-refractivity contribution in [3.05, 3.63) is 30.1 Å². The lowest BCUT2D eigenvalue weighted by atomic mass is 10.1. The molecule has 1 fully saturated rings. The number of hydrogen-bond donors (Lipinski definition) is 0. The first-order chi connectivity index (χ1) is 10.1. The van der Waals surface area contributed by atoms with Crippen LogP contribution in [0.15, 0.2) is 24.5 Å². The predicted molar refractivity (Wildman–Crippen MR) is 77.7 cm³/mol. The number of amides is 2. The Morgan fingerprint density at radius 3 is 2.81 bits per heavy atom. The van der Waals surface area contributed by atoms with Crippen LogP contribution < -0.4 is 0 Å². The van der Waals surface area contributed by atoms with E-state index >= 15 is 0 Å². The maximum atomic E-state index is 12.5. The normalized spacial score (nSPS) is 17.6. The summed E-state index contributed by atoms with van der Waals surface area (Å²) in [5, 5.41) is 0. The van der Waals surface area contributed by atoms with Crippen molar-refractivity contribution >= 4 is 12.0 Å². The summed E-state index contributed by atoms with van der Waals surface area (Å²) in [6.07, 6.45) is 5.38. The monoisotopic (exact) mass is 291 g/mol. The van der Waals surface area contributed by atoms with Crippen molar-refractivity contribution in [2.75, 3.05) is 27.2 Å². The van der Waals surface area contributed by atoms with Crippen LogP contribution in [0.2, 0.25) is 0 Å². The van der Waals surface area contributed by atoms with Crippen LogP contribution in [0.25, 0.3) is 0 Å². The summed E-state index contributed by atoms with van der Waals surface area (Å²) in [5.74, 6) is -0.0213. The summed E-state index contributed by atoms with van der Waals surface area (Å²) in [6.45, 7) is 1.20. The Kier molecular flexibility index (Phi) is 5.14. The number of aromatic nitrogens is 1. The third-order valence-electron chi connectivity index (χ3n) is 3.81. The van der Waals surface area contributed by atoms with Crippen molar-refractivity contribution in [2.24, 2.45) is 0 Å². The SMILES string of the molecule is COC(=O)N1CCCC1C(=O)N(C)CCc1ccncc1. The lowest BCUT2D eigenvalue weighted by Crippen LogP contribution is -2.47. The standard InChI is InChI=1S/C15H21N3O3/c1-17(11-7-12-5-8-16-9-6-12)14(19)13-4-3-10-18(13)15(20)21-2/h5-6,8-9,13H,3-4,7,10-11H2,1-2H3. The minimum atomic E-state index is -0.423. The second-order valence-electron chi connectivity index (χ2n) is 5.19. The Morgan fingerprint density at radius 2 is 2.14 bits per heavy atom. The minimum absolute atomic E-state index is 0.0213. The Balaban J connectivity index is 1.91. The van der Waals surface area contributed by atoms with Gasteiger partial charge >= 0.3 is 6.09 Å². The highest BCUT2D eigenvalue weighted by Gasteiger charge is 2.36. The topological polar surface area (TPSA) is 62.7 Å². The Morgan fingerprint density at radius 1 is 1.43 bits per heavy atom. The number of pyridine rings is 1. The number of carbonyl (C=O) groups excluding carboxylic acids is 2. The van der Waals surface area contributed by atoms with E-state index in [-0.39, 0.29) is 11.9 Å². The van der Waals surface area contributed by atoms with Crippen LogP contribution in [0.5, 0.6) is 0 Å². The van der Waals surface area contributed by atoms with Gasteiger partial charge < -0.3 is 9.64 Å². The van der Waals surface area contributed by atoms with Crippen LogP contribution in [-0.2, 0) is 16.0 Å². The molecule has 1 aliphatic heterocycles. The van der Waals surface area contributed by atoms with Gasteiger partial charge in [0.2, 0.25) is 5.91 Å². The van der Waals surface area contributed by atoms with Crippen molar-refractivity contribution in [1.29, 1.82) is 0 Å². The number of carbonyl (C=O) groups is 2. The second-order valence-corrected chi connectivity index (χ2v) is 5.19. The molecule has 21 heavy (non-hydrogen) atoms. The molecule has 1 atom stereocenters. The van der Waals surface area contributed by atoms with Crippen molar-refractivity contribution in [3.8, 4) is 0 Å². The summed E-state index contributed by atoms with van der Waals surface area (Å²) in [7, 11) is 3.12. The number of ether oxygens (including phenoxy) is 1. The second kappa shape index (κ2) is 7.06. The highest BCUT2D eigenvalue weighted by atomic mass is 16.5. The molecule has 0 saturated carbocycles. The molecular formula is C15H21N3O3. The summed E-state index contributed by atoms with van der Waals surface area (Å²) in [6, 6.07) is 3.49. The zero-order chi connectivity index (χ0) is 15.2. The molecule has 1 aromatic heterocycles. The van der Waals surface area contributed by atoms with Gasteiger partial charge in [-0.2, -0.15) is 0 Å². The first-order valence-corrected chi connectivity index (χ1v) is 7.12. The average Bonchev–Trinajstić information content (AvgIpc) is 3.01. The molecule has 0 N–H and O–H groups in total. The molecule has 1 aromatic rings. The van der Waals surface area contributed by atoms with Gasteiger partial charge in [-0.05, 0) is 37.0 Å². The van der Waals surface area contributed by atoms with Crippen molar-refractivity contribution in [3.63, 3.8) is 0 Å². The first kappa shape index (κ1) is 15.3. The molecule has 1 unspecified atom stereocenters. The van der Waals surface area contributed by atoms with Crippen LogP contribution in [0, 0.1) is 0 Å². The van der Waals surface area contributed by atoms with E-state index in [9.17, 15) is 9.59 Å². The van der Waals surface area contributed by atoms with Gasteiger partial charge in [0, 0.05) is 32.5 Å². The summed E-state index contributed by atoms with van der Waals surface area (Å²) in [4.78, 5) is 31.3. The maximum Gasteiger partial charge on any atom is 0.410 e. The summed E-state index contributed by atoms with van der Waals surface area (Å²) in [5.41, 5.74) is 1.14. The third-order valence-corrected chi connectivity index (χ3v) is 3.81. The number of nitrogens with zero attached hydrogens (tertiary/aromatic N) is 3.